The second-order valence-corrected chi connectivity index (χ2v) is 5.40. The fourth-order valence-corrected chi connectivity index (χ4v) is 1.83. The predicted octanol–water partition coefficient (Wildman–Crippen LogP) is -1.74. The number of rotatable bonds is 9. The van der Waals surface area contributed by atoms with E-state index in [-0.39, 0.29) is 11.5 Å². The first-order valence-electron chi connectivity index (χ1n) is 5.77. The number of hydrogen-bond donors (Lipinski definition) is 7. The lowest BCUT2D eigenvalue weighted by atomic mass is 10.2. The van der Waals surface area contributed by atoms with E-state index in [1.807, 2.05) is 0 Å². The maximum Gasteiger partial charge on any atom is 0.321 e. The molecule has 0 heterocycles. The molecule has 2 unspecified atom stereocenters. The Bertz CT molecular complexity index is 323. The molecule has 0 saturated carbocycles. The van der Waals surface area contributed by atoms with Gasteiger partial charge in [-0.05, 0) is 12.2 Å². The quantitative estimate of drug-likeness (QED) is 0.187. The molecule has 0 aromatic carbocycles. The molecule has 0 fully saturated rings. The van der Waals surface area contributed by atoms with Crippen molar-refractivity contribution in [1.82, 2.24) is 0 Å². The number of aliphatic carboxylic acids is 3. The molecule has 0 radical (unpaired) electrons. The Morgan fingerprint density at radius 2 is 1.33 bits per heavy atom. The first-order chi connectivity index (χ1) is 9.63. The molecule has 0 aliphatic rings. The van der Waals surface area contributed by atoms with E-state index in [2.05, 4.69) is 12.6 Å². The van der Waals surface area contributed by atoms with Crippen LogP contribution in [0.1, 0.15) is 6.42 Å². The number of carboxylic acids is 3. The molecule has 0 aliphatic carbocycles. The Morgan fingerprint density at radius 3 is 1.62 bits per heavy atom. The summed E-state index contributed by atoms with van der Waals surface area (Å²) in [4.78, 5) is 30.3. The van der Waals surface area contributed by atoms with Crippen LogP contribution in [0, 0.1) is 0 Å². The Balaban J connectivity index is 0. The molecule has 0 spiro atoms. The standard InChI is InChI=1S/C7H14N2O4S.C3H7NO2S/c8-4(6(10)11)1-2-14-3-5(9)7(12)13;4-2(1-7)3(5)6/h4-5H,1-3,8-9H2,(H,10,11)(H,12,13);2,7H,1,4H2,(H,5,6)/t;2-/m.0/s1. The van der Waals surface area contributed by atoms with Gasteiger partial charge >= 0.3 is 17.9 Å². The lowest BCUT2D eigenvalue weighted by Gasteiger charge is -2.07. The van der Waals surface area contributed by atoms with Gasteiger partial charge in [0.2, 0.25) is 0 Å². The van der Waals surface area contributed by atoms with Crippen LogP contribution in [0.2, 0.25) is 0 Å². The number of thioether (sulfide) groups is 1. The average Bonchev–Trinajstić information content (AvgIpc) is 2.42. The molecule has 0 amide bonds. The van der Waals surface area contributed by atoms with Gasteiger partial charge in [0.15, 0.2) is 0 Å². The minimum Gasteiger partial charge on any atom is -0.480 e. The number of nitrogens with two attached hydrogens (primary N) is 3. The SMILES string of the molecule is NC(CCSCC(N)C(=O)O)C(=O)O.N[C@@H](CS)C(=O)O. The molecule has 9 nitrogen and oxygen atoms in total. The number of thiol groups is 1. The Kier molecular flexibility index (Phi) is 13.5. The highest BCUT2D eigenvalue weighted by atomic mass is 32.2. The van der Waals surface area contributed by atoms with Gasteiger partial charge in [-0.3, -0.25) is 14.4 Å². The fourth-order valence-electron chi connectivity index (χ4n) is 0.693. The molecule has 11 heteroatoms. The zero-order chi connectivity index (χ0) is 17.0. The maximum absolute atomic E-state index is 10.3. The highest BCUT2D eigenvalue weighted by molar-refractivity contribution is 7.99. The second kappa shape index (κ2) is 12.7. The van der Waals surface area contributed by atoms with Crippen LogP contribution in [0.3, 0.4) is 0 Å². The first-order valence-corrected chi connectivity index (χ1v) is 7.55. The third-order valence-corrected chi connectivity index (χ3v) is 3.53. The lowest BCUT2D eigenvalue weighted by molar-refractivity contribution is -0.139. The van der Waals surface area contributed by atoms with Gasteiger partial charge in [-0.1, -0.05) is 0 Å². The molecule has 0 saturated heterocycles. The van der Waals surface area contributed by atoms with E-state index in [1.165, 1.54) is 11.8 Å². The maximum atomic E-state index is 10.3. The van der Waals surface area contributed by atoms with Gasteiger partial charge in [-0.2, -0.15) is 24.4 Å². The zero-order valence-corrected chi connectivity index (χ0v) is 12.9. The number of carboxylic acid groups (broad SMARTS) is 3. The van der Waals surface area contributed by atoms with E-state index >= 15 is 0 Å². The van der Waals surface area contributed by atoms with Gasteiger partial charge in [0, 0.05) is 11.5 Å². The van der Waals surface area contributed by atoms with Crippen molar-refractivity contribution in [1.29, 1.82) is 0 Å². The average molecular weight is 343 g/mol. The molecule has 3 atom stereocenters. The largest absolute Gasteiger partial charge is 0.480 e. The van der Waals surface area contributed by atoms with Crippen molar-refractivity contribution in [2.24, 2.45) is 17.2 Å². The minimum atomic E-state index is -1.06. The van der Waals surface area contributed by atoms with E-state index in [4.69, 9.17) is 32.5 Å². The molecule has 0 aromatic rings. The van der Waals surface area contributed by atoms with Crippen LogP contribution in [0.4, 0.5) is 0 Å². The van der Waals surface area contributed by atoms with Gasteiger partial charge in [-0.15, -0.1) is 0 Å². The highest BCUT2D eigenvalue weighted by Gasteiger charge is 2.13. The van der Waals surface area contributed by atoms with Crippen molar-refractivity contribution in [3.63, 3.8) is 0 Å². The third kappa shape index (κ3) is 13.7. The van der Waals surface area contributed by atoms with Crippen molar-refractivity contribution in [2.75, 3.05) is 17.3 Å². The summed E-state index contributed by atoms with van der Waals surface area (Å²) in [6.07, 6.45) is 0.312. The fraction of sp³-hybridized carbons (Fsp3) is 0.700. The lowest BCUT2D eigenvalue weighted by Crippen LogP contribution is -2.33. The van der Waals surface area contributed by atoms with E-state index in [0.717, 1.165) is 0 Å². The van der Waals surface area contributed by atoms with Gasteiger partial charge in [0.05, 0.1) is 0 Å². The van der Waals surface area contributed by atoms with Crippen LogP contribution in [0.15, 0.2) is 0 Å². The van der Waals surface area contributed by atoms with Crippen LogP contribution in [-0.4, -0.2) is 68.6 Å². The van der Waals surface area contributed by atoms with Crippen molar-refractivity contribution in [3.8, 4) is 0 Å². The van der Waals surface area contributed by atoms with Crippen LogP contribution < -0.4 is 17.2 Å². The third-order valence-electron chi connectivity index (χ3n) is 2.02. The van der Waals surface area contributed by atoms with Gasteiger partial charge in [-0.25, -0.2) is 0 Å². The van der Waals surface area contributed by atoms with Gasteiger partial charge < -0.3 is 32.5 Å². The van der Waals surface area contributed by atoms with Crippen LogP contribution >= 0.6 is 24.4 Å². The van der Waals surface area contributed by atoms with Crippen molar-refractivity contribution in [2.45, 2.75) is 24.5 Å². The summed E-state index contributed by atoms with van der Waals surface area (Å²) in [5.41, 5.74) is 15.4. The summed E-state index contributed by atoms with van der Waals surface area (Å²) in [5, 5.41) is 24.9. The Morgan fingerprint density at radius 1 is 0.905 bits per heavy atom. The summed E-state index contributed by atoms with van der Waals surface area (Å²) < 4.78 is 0. The van der Waals surface area contributed by atoms with Gasteiger partial charge in [0.25, 0.3) is 0 Å². The summed E-state index contributed by atoms with van der Waals surface area (Å²) >= 11 is 4.94. The van der Waals surface area contributed by atoms with E-state index in [0.29, 0.717) is 12.2 Å². The molecular formula is C10H21N3O6S2. The molecule has 21 heavy (non-hydrogen) atoms. The Hall–Kier alpha value is -1.01. The van der Waals surface area contributed by atoms with Crippen LogP contribution in [0.5, 0.6) is 0 Å². The van der Waals surface area contributed by atoms with E-state index < -0.39 is 36.0 Å². The normalized spacial score (nSPS) is 14.3. The molecule has 0 bridgehead atoms. The molecule has 0 aliphatic heterocycles. The minimum absolute atomic E-state index is 0.190. The predicted molar refractivity (Wildman–Crippen MR) is 82.6 cm³/mol. The molecule has 0 rings (SSSR count). The van der Waals surface area contributed by atoms with Crippen molar-refractivity contribution in [3.05, 3.63) is 0 Å². The van der Waals surface area contributed by atoms with Crippen LogP contribution in [-0.2, 0) is 14.4 Å². The molecule has 0 aromatic heterocycles. The summed E-state index contributed by atoms with van der Waals surface area (Å²) in [6, 6.07) is -2.60. The highest BCUT2D eigenvalue weighted by Crippen LogP contribution is 2.05. The zero-order valence-electron chi connectivity index (χ0n) is 11.2. The molecule has 9 N–H and O–H groups in total. The smallest absolute Gasteiger partial charge is 0.321 e. The molecular weight excluding hydrogens is 322 g/mol. The van der Waals surface area contributed by atoms with E-state index in [9.17, 15) is 14.4 Å². The number of hydrogen-bond acceptors (Lipinski definition) is 8. The second-order valence-electron chi connectivity index (χ2n) is 3.88. The summed E-state index contributed by atoms with van der Waals surface area (Å²) in [7, 11) is 0. The van der Waals surface area contributed by atoms with Crippen LogP contribution in [0.25, 0.3) is 0 Å². The number of carbonyl (C=O) groups is 3. The molecule has 124 valence electrons. The van der Waals surface area contributed by atoms with Crippen molar-refractivity contribution >= 4 is 42.3 Å². The summed E-state index contributed by atoms with van der Waals surface area (Å²) in [5.74, 6) is -2.16. The monoisotopic (exact) mass is 343 g/mol. The Labute approximate surface area is 131 Å². The first kappa shape index (κ1) is 22.3. The summed E-state index contributed by atoms with van der Waals surface area (Å²) in [6.45, 7) is 0. The topological polar surface area (TPSA) is 190 Å². The van der Waals surface area contributed by atoms with E-state index in [1.54, 1.807) is 0 Å². The van der Waals surface area contributed by atoms with Gasteiger partial charge in [0.1, 0.15) is 18.1 Å². The van der Waals surface area contributed by atoms with Crippen molar-refractivity contribution < 1.29 is 29.7 Å².